The van der Waals surface area contributed by atoms with E-state index in [1.807, 2.05) is 48.3 Å². The number of hydrogen-bond acceptors (Lipinski definition) is 3. The molecule has 5 heteroatoms. The number of likely N-dealkylation sites (N-methyl/N-ethyl adjacent to an activating group) is 1. The van der Waals surface area contributed by atoms with Crippen LogP contribution in [0.3, 0.4) is 0 Å². The molecule has 0 saturated heterocycles. The van der Waals surface area contributed by atoms with E-state index in [1.165, 1.54) is 0 Å². The molecule has 4 nitrogen and oxygen atoms in total. The van der Waals surface area contributed by atoms with Crippen molar-refractivity contribution in [3.63, 3.8) is 0 Å². The minimum Gasteiger partial charge on any atom is -0.394 e. The van der Waals surface area contributed by atoms with Crippen molar-refractivity contribution in [1.82, 2.24) is 15.1 Å². The van der Waals surface area contributed by atoms with Crippen LogP contribution in [-0.2, 0) is 12.1 Å². The van der Waals surface area contributed by atoms with Crippen molar-refractivity contribution in [3.8, 4) is 0 Å². The van der Waals surface area contributed by atoms with Crippen molar-refractivity contribution in [2.75, 3.05) is 13.7 Å². The summed E-state index contributed by atoms with van der Waals surface area (Å²) in [5, 5.41) is 17.3. The van der Waals surface area contributed by atoms with Crippen molar-refractivity contribution in [1.29, 1.82) is 0 Å². The van der Waals surface area contributed by atoms with Gasteiger partial charge in [0.1, 0.15) is 0 Å². The Morgan fingerprint density at radius 3 is 2.63 bits per heavy atom. The smallest absolute Gasteiger partial charge is 0.0684 e. The lowest BCUT2D eigenvalue weighted by molar-refractivity contribution is 0.152. The summed E-state index contributed by atoms with van der Waals surface area (Å²) in [6.45, 7) is 0.790. The number of aliphatic hydroxyl groups is 1. The Balaban J connectivity index is 2.16. The zero-order valence-corrected chi connectivity index (χ0v) is 12.5. The van der Waals surface area contributed by atoms with Gasteiger partial charge in [0.2, 0.25) is 0 Å². The van der Waals surface area contributed by atoms with Gasteiger partial charge in [-0.1, -0.05) is 30.3 Å². The van der Waals surface area contributed by atoms with E-state index < -0.39 is 5.54 Å². The molecule has 2 aromatic rings. The molecule has 2 N–H and O–H groups in total. The maximum absolute atomic E-state index is 9.81. The van der Waals surface area contributed by atoms with E-state index in [-0.39, 0.29) is 6.61 Å². The molecule has 1 aromatic heterocycles. The molecule has 0 aliphatic heterocycles. The van der Waals surface area contributed by atoms with E-state index >= 15 is 0 Å². The first kappa shape index (κ1) is 14.2. The Morgan fingerprint density at radius 1 is 1.37 bits per heavy atom. The number of halogens is 1. The van der Waals surface area contributed by atoms with Gasteiger partial charge in [-0.05, 0) is 35.0 Å². The lowest BCUT2D eigenvalue weighted by atomic mass is 9.87. The van der Waals surface area contributed by atoms with Crippen LogP contribution in [0.4, 0.5) is 0 Å². The quantitative estimate of drug-likeness (QED) is 0.856. The van der Waals surface area contributed by atoms with Gasteiger partial charge in [0.25, 0.3) is 0 Å². The van der Waals surface area contributed by atoms with Crippen LogP contribution in [-0.4, -0.2) is 28.5 Å². The lowest BCUT2D eigenvalue weighted by Gasteiger charge is -2.32. The number of rotatable bonds is 6. The van der Waals surface area contributed by atoms with Gasteiger partial charge < -0.3 is 10.4 Å². The molecule has 0 fully saturated rings. The molecule has 102 valence electrons. The molecule has 0 radical (unpaired) electrons. The van der Waals surface area contributed by atoms with Crippen LogP contribution in [0.25, 0.3) is 0 Å². The van der Waals surface area contributed by atoms with E-state index in [4.69, 9.17) is 0 Å². The molecule has 1 aromatic carbocycles. The average Bonchev–Trinajstić information content (AvgIpc) is 2.88. The minimum atomic E-state index is -0.431. The molecule has 0 aliphatic rings. The van der Waals surface area contributed by atoms with Crippen LogP contribution in [0.2, 0.25) is 0 Å². The van der Waals surface area contributed by atoms with E-state index in [2.05, 4.69) is 26.3 Å². The Kier molecular flexibility index (Phi) is 4.74. The van der Waals surface area contributed by atoms with Crippen LogP contribution < -0.4 is 5.32 Å². The largest absolute Gasteiger partial charge is 0.394 e. The second kappa shape index (κ2) is 6.32. The molecular formula is C14H18BrN3O. The molecular weight excluding hydrogens is 306 g/mol. The fourth-order valence-corrected chi connectivity index (χ4v) is 2.51. The van der Waals surface area contributed by atoms with Crippen LogP contribution in [0.15, 0.2) is 47.2 Å². The van der Waals surface area contributed by atoms with Crippen molar-refractivity contribution in [3.05, 3.63) is 52.8 Å². The molecule has 0 saturated carbocycles. The monoisotopic (exact) mass is 323 g/mol. The number of aryl methyl sites for hydroxylation is 1. The summed E-state index contributed by atoms with van der Waals surface area (Å²) >= 11 is 3.38. The summed E-state index contributed by atoms with van der Waals surface area (Å²) in [6.07, 6.45) is 4.46. The summed E-state index contributed by atoms with van der Waals surface area (Å²) < 4.78 is 2.83. The number of aromatic nitrogens is 2. The molecule has 0 bridgehead atoms. The van der Waals surface area contributed by atoms with Crippen LogP contribution >= 0.6 is 15.9 Å². The Labute approximate surface area is 121 Å². The van der Waals surface area contributed by atoms with Gasteiger partial charge in [-0.2, -0.15) is 5.10 Å². The van der Waals surface area contributed by atoms with Crippen LogP contribution in [0.5, 0.6) is 0 Å². The van der Waals surface area contributed by atoms with Gasteiger partial charge in [-0.15, -0.1) is 0 Å². The lowest BCUT2D eigenvalue weighted by Crippen LogP contribution is -2.44. The Morgan fingerprint density at radius 2 is 2.11 bits per heavy atom. The fraction of sp³-hybridized carbons (Fsp3) is 0.357. The highest BCUT2D eigenvalue weighted by Crippen LogP contribution is 2.25. The summed E-state index contributed by atoms with van der Waals surface area (Å²) in [5.74, 6) is 0. The summed E-state index contributed by atoms with van der Waals surface area (Å²) in [5.41, 5.74) is 0.658. The standard InChI is InChI=1S/C14H18BrN3O/c1-16-14(11-19,12-5-3-2-4-6-12)7-8-18-10-13(15)9-17-18/h2-6,9-10,16,19H,7-8,11H2,1H3. The van der Waals surface area contributed by atoms with Crippen LogP contribution in [0, 0.1) is 0 Å². The van der Waals surface area contributed by atoms with E-state index in [9.17, 15) is 5.11 Å². The van der Waals surface area contributed by atoms with Crippen molar-refractivity contribution in [2.24, 2.45) is 0 Å². The van der Waals surface area contributed by atoms with Gasteiger partial charge in [-0.25, -0.2) is 0 Å². The van der Waals surface area contributed by atoms with E-state index in [0.29, 0.717) is 0 Å². The minimum absolute atomic E-state index is 0.0515. The highest BCUT2D eigenvalue weighted by atomic mass is 79.9. The normalized spacial score (nSPS) is 14.3. The highest BCUT2D eigenvalue weighted by Gasteiger charge is 2.29. The molecule has 1 atom stereocenters. The summed E-state index contributed by atoms with van der Waals surface area (Å²) in [4.78, 5) is 0. The number of nitrogens with one attached hydrogen (secondary N) is 1. The highest BCUT2D eigenvalue weighted by molar-refractivity contribution is 9.10. The average molecular weight is 324 g/mol. The van der Waals surface area contributed by atoms with Gasteiger partial charge in [-0.3, -0.25) is 4.68 Å². The Hall–Kier alpha value is -1.17. The number of hydrogen-bond donors (Lipinski definition) is 2. The third kappa shape index (κ3) is 3.23. The second-order valence-electron chi connectivity index (χ2n) is 4.53. The third-order valence-corrected chi connectivity index (χ3v) is 3.85. The van der Waals surface area contributed by atoms with Crippen molar-refractivity contribution >= 4 is 15.9 Å². The molecule has 1 unspecified atom stereocenters. The predicted octanol–water partition coefficient (Wildman–Crippen LogP) is 2.14. The number of nitrogens with zero attached hydrogens (tertiary/aromatic N) is 2. The first-order valence-electron chi connectivity index (χ1n) is 6.23. The maximum atomic E-state index is 9.81. The summed E-state index contributed by atoms with van der Waals surface area (Å²) in [7, 11) is 1.88. The molecule has 0 aliphatic carbocycles. The zero-order valence-electron chi connectivity index (χ0n) is 10.9. The molecule has 0 spiro atoms. The van der Waals surface area contributed by atoms with Crippen molar-refractivity contribution < 1.29 is 5.11 Å². The topological polar surface area (TPSA) is 50.1 Å². The predicted molar refractivity (Wildman–Crippen MR) is 78.8 cm³/mol. The number of aliphatic hydroxyl groups excluding tert-OH is 1. The van der Waals surface area contributed by atoms with Gasteiger partial charge in [0.15, 0.2) is 0 Å². The van der Waals surface area contributed by atoms with Gasteiger partial charge >= 0.3 is 0 Å². The van der Waals surface area contributed by atoms with E-state index in [1.54, 1.807) is 6.20 Å². The van der Waals surface area contributed by atoms with Gasteiger partial charge in [0.05, 0.1) is 22.8 Å². The summed E-state index contributed by atoms with van der Waals surface area (Å²) in [6, 6.07) is 10.0. The second-order valence-corrected chi connectivity index (χ2v) is 5.44. The molecule has 1 heterocycles. The van der Waals surface area contributed by atoms with Crippen LogP contribution in [0.1, 0.15) is 12.0 Å². The molecule has 19 heavy (non-hydrogen) atoms. The number of benzene rings is 1. The first-order valence-corrected chi connectivity index (χ1v) is 7.03. The fourth-order valence-electron chi connectivity index (χ4n) is 2.19. The van der Waals surface area contributed by atoms with Crippen molar-refractivity contribution in [2.45, 2.75) is 18.5 Å². The Bertz CT molecular complexity index is 508. The zero-order chi connectivity index (χ0) is 13.7. The van der Waals surface area contributed by atoms with E-state index in [0.717, 1.165) is 23.0 Å². The first-order chi connectivity index (χ1) is 9.20. The van der Waals surface area contributed by atoms with Gasteiger partial charge in [0, 0.05) is 12.7 Å². The third-order valence-electron chi connectivity index (χ3n) is 3.44. The molecule has 0 amide bonds. The SMILES string of the molecule is CNC(CO)(CCn1cc(Br)cn1)c1ccccc1. The molecule has 2 rings (SSSR count). The maximum Gasteiger partial charge on any atom is 0.0684 e.